The number of fused-ring (bicyclic) bond motifs is 1. The Kier molecular flexibility index (Phi) is 1.80. The number of aliphatic hydroxyl groups excluding tert-OH is 1. The number of benzene rings is 1. The van der Waals surface area contributed by atoms with Crippen LogP contribution in [0.2, 0.25) is 0 Å². The van der Waals surface area contributed by atoms with Gasteiger partial charge in [0.05, 0.1) is 12.1 Å². The van der Waals surface area contributed by atoms with E-state index in [2.05, 4.69) is 0 Å². The number of aryl methyl sites for hydroxylation is 1. The minimum atomic E-state index is -0.346. The van der Waals surface area contributed by atoms with Crippen molar-refractivity contribution < 1.29 is 9.52 Å². The lowest BCUT2D eigenvalue weighted by atomic mass is 9.97. The van der Waals surface area contributed by atoms with Gasteiger partial charge in [0.15, 0.2) is 5.58 Å². The van der Waals surface area contributed by atoms with Crippen molar-refractivity contribution in [2.45, 2.75) is 18.3 Å². The molecule has 0 radical (unpaired) electrons. The Labute approximate surface area is 92.1 Å². The van der Waals surface area contributed by atoms with Gasteiger partial charge in [-0.2, -0.15) is 0 Å². The van der Waals surface area contributed by atoms with Crippen molar-refractivity contribution >= 4 is 11.1 Å². The number of aromatic nitrogens is 1. The minimum absolute atomic E-state index is 0.0808. The van der Waals surface area contributed by atoms with Crippen molar-refractivity contribution in [2.24, 2.45) is 7.05 Å². The predicted molar refractivity (Wildman–Crippen MR) is 59.5 cm³/mol. The highest BCUT2D eigenvalue weighted by atomic mass is 16.4. The largest absolute Gasteiger partial charge is 0.419 e. The molecular weight excluding hydrogens is 206 g/mol. The van der Waals surface area contributed by atoms with Gasteiger partial charge in [-0.15, -0.1) is 0 Å². The van der Waals surface area contributed by atoms with Crippen LogP contribution in [0.5, 0.6) is 0 Å². The third-order valence-electron chi connectivity index (χ3n) is 3.56. The van der Waals surface area contributed by atoms with Crippen molar-refractivity contribution in [3.8, 4) is 0 Å². The Bertz CT molecular complexity index is 604. The van der Waals surface area contributed by atoms with Gasteiger partial charge in [-0.1, -0.05) is 6.07 Å². The smallest absolute Gasteiger partial charge is 0.408 e. The number of rotatable bonds is 2. The Hall–Kier alpha value is -1.55. The minimum Gasteiger partial charge on any atom is -0.408 e. The summed E-state index contributed by atoms with van der Waals surface area (Å²) in [5.74, 6) is -0.346. The third kappa shape index (κ3) is 1.16. The van der Waals surface area contributed by atoms with Gasteiger partial charge in [-0.25, -0.2) is 4.79 Å². The molecule has 0 unspecified atom stereocenters. The fourth-order valence-electron chi connectivity index (χ4n) is 2.15. The molecule has 1 fully saturated rings. The van der Waals surface area contributed by atoms with E-state index in [0.29, 0.717) is 5.58 Å². The van der Waals surface area contributed by atoms with E-state index in [9.17, 15) is 9.90 Å². The first-order valence-electron chi connectivity index (χ1n) is 5.37. The van der Waals surface area contributed by atoms with Gasteiger partial charge < -0.3 is 9.52 Å². The van der Waals surface area contributed by atoms with Crippen LogP contribution < -0.4 is 5.76 Å². The third-order valence-corrected chi connectivity index (χ3v) is 3.56. The zero-order valence-electron chi connectivity index (χ0n) is 9.06. The molecule has 3 rings (SSSR count). The van der Waals surface area contributed by atoms with Crippen LogP contribution in [0.25, 0.3) is 11.1 Å². The van der Waals surface area contributed by atoms with Gasteiger partial charge in [0.1, 0.15) is 0 Å². The van der Waals surface area contributed by atoms with Gasteiger partial charge in [0.25, 0.3) is 0 Å². The highest BCUT2D eigenvalue weighted by Gasteiger charge is 2.43. The van der Waals surface area contributed by atoms with E-state index in [1.54, 1.807) is 7.05 Å². The Morgan fingerprint density at radius 3 is 2.88 bits per heavy atom. The molecule has 0 amide bonds. The van der Waals surface area contributed by atoms with Crippen molar-refractivity contribution in [2.75, 3.05) is 6.61 Å². The molecule has 4 heteroatoms. The molecule has 4 nitrogen and oxygen atoms in total. The van der Waals surface area contributed by atoms with Crippen LogP contribution in [0.4, 0.5) is 0 Å². The highest BCUT2D eigenvalue weighted by Crippen LogP contribution is 2.48. The predicted octanol–water partition coefficient (Wildman–Crippen LogP) is 1.16. The molecule has 1 heterocycles. The molecule has 0 bridgehead atoms. The van der Waals surface area contributed by atoms with Crippen molar-refractivity contribution in [1.29, 1.82) is 0 Å². The van der Waals surface area contributed by atoms with Gasteiger partial charge in [0, 0.05) is 12.5 Å². The van der Waals surface area contributed by atoms with Crippen molar-refractivity contribution in [1.82, 2.24) is 4.57 Å². The van der Waals surface area contributed by atoms with E-state index in [1.807, 2.05) is 18.2 Å². The fourth-order valence-corrected chi connectivity index (χ4v) is 2.15. The van der Waals surface area contributed by atoms with Gasteiger partial charge in [-0.3, -0.25) is 4.57 Å². The molecule has 84 valence electrons. The fraction of sp³-hybridized carbons (Fsp3) is 0.417. The molecule has 16 heavy (non-hydrogen) atoms. The molecule has 0 saturated heterocycles. The van der Waals surface area contributed by atoms with Crippen LogP contribution in [0.3, 0.4) is 0 Å². The second-order valence-electron chi connectivity index (χ2n) is 4.55. The number of hydrogen-bond acceptors (Lipinski definition) is 3. The molecule has 1 N–H and O–H groups in total. The summed E-state index contributed by atoms with van der Waals surface area (Å²) < 4.78 is 6.62. The number of aliphatic hydroxyl groups is 1. The summed E-state index contributed by atoms with van der Waals surface area (Å²) in [6.45, 7) is 0.162. The summed E-state index contributed by atoms with van der Waals surface area (Å²) in [5.41, 5.74) is 2.38. The van der Waals surface area contributed by atoms with Crippen LogP contribution in [-0.4, -0.2) is 16.3 Å². The molecule has 1 aliphatic rings. The standard InChI is InChI=1S/C12H13NO3/c1-13-9-3-2-8(12(7-14)4-5-12)6-10(9)16-11(13)15/h2-3,6,14H,4-5,7H2,1H3. The normalized spacial score (nSPS) is 17.9. The molecule has 1 aromatic carbocycles. The maximum atomic E-state index is 11.3. The lowest BCUT2D eigenvalue weighted by Crippen LogP contribution is -2.11. The molecule has 0 aliphatic heterocycles. The Morgan fingerprint density at radius 1 is 1.50 bits per heavy atom. The molecule has 1 saturated carbocycles. The van der Waals surface area contributed by atoms with E-state index >= 15 is 0 Å². The Balaban J connectivity index is 2.20. The first-order chi connectivity index (χ1) is 7.66. The average Bonchev–Trinajstić information content (AvgIpc) is 3.04. The molecule has 0 spiro atoms. The average molecular weight is 219 g/mol. The highest BCUT2D eigenvalue weighted by molar-refractivity contribution is 5.74. The topological polar surface area (TPSA) is 55.4 Å². The summed E-state index contributed by atoms with van der Waals surface area (Å²) in [6.07, 6.45) is 2.01. The first kappa shape index (κ1) is 9.66. The zero-order valence-corrected chi connectivity index (χ0v) is 9.06. The summed E-state index contributed by atoms with van der Waals surface area (Å²) >= 11 is 0. The van der Waals surface area contributed by atoms with Gasteiger partial charge in [-0.05, 0) is 30.5 Å². The van der Waals surface area contributed by atoms with E-state index in [0.717, 1.165) is 23.9 Å². The zero-order chi connectivity index (χ0) is 11.3. The van der Waals surface area contributed by atoms with E-state index in [-0.39, 0.29) is 17.8 Å². The maximum absolute atomic E-state index is 11.3. The van der Waals surface area contributed by atoms with Crippen LogP contribution in [0, 0.1) is 0 Å². The SMILES string of the molecule is Cn1c(=O)oc2cc(C3(CO)CC3)ccc21. The van der Waals surface area contributed by atoms with Crippen LogP contribution in [-0.2, 0) is 12.5 Å². The molecular formula is C12H13NO3. The first-order valence-corrected chi connectivity index (χ1v) is 5.37. The molecule has 1 aromatic heterocycles. The lowest BCUT2D eigenvalue weighted by Gasteiger charge is -2.11. The number of oxazole rings is 1. The quantitative estimate of drug-likeness (QED) is 0.824. The maximum Gasteiger partial charge on any atom is 0.419 e. The number of hydrogen-bond donors (Lipinski definition) is 1. The van der Waals surface area contributed by atoms with E-state index in [1.165, 1.54) is 4.57 Å². The van der Waals surface area contributed by atoms with Gasteiger partial charge in [0.2, 0.25) is 0 Å². The second kappa shape index (κ2) is 2.98. The van der Waals surface area contributed by atoms with Crippen molar-refractivity contribution in [3.63, 3.8) is 0 Å². The monoisotopic (exact) mass is 219 g/mol. The lowest BCUT2D eigenvalue weighted by molar-refractivity contribution is 0.255. The second-order valence-corrected chi connectivity index (χ2v) is 4.55. The Morgan fingerprint density at radius 2 is 2.25 bits per heavy atom. The molecule has 2 aromatic rings. The van der Waals surface area contributed by atoms with Crippen LogP contribution in [0.1, 0.15) is 18.4 Å². The van der Waals surface area contributed by atoms with E-state index in [4.69, 9.17) is 4.42 Å². The summed E-state index contributed by atoms with van der Waals surface area (Å²) in [4.78, 5) is 11.3. The summed E-state index contributed by atoms with van der Waals surface area (Å²) in [6, 6.07) is 5.73. The number of nitrogens with zero attached hydrogens (tertiary/aromatic N) is 1. The van der Waals surface area contributed by atoms with E-state index < -0.39 is 0 Å². The molecule has 0 atom stereocenters. The van der Waals surface area contributed by atoms with Crippen LogP contribution >= 0.6 is 0 Å². The summed E-state index contributed by atoms with van der Waals surface area (Å²) in [5, 5.41) is 9.34. The molecule has 1 aliphatic carbocycles. The van der Waals surface area contributed by atoms with Crippen LogP contribution in [0.15, 0.2) is 27.4 Å². The summed E-state index contributed by atoms with van der Waals surface area (Å²) in [7, 11) is 1.69. The van der Waals surface area contributed by atoms with Crippen molar-refractivity contribution in [3.05, 3.63) is 34.3 Å². The van der Waals surface area contributed by atoms with Gasteiger partial charge >= 0.3 is 5.76 Å².